The molecule has 0 saturated carbocycles. The highest BCUT2D eigenvalue weighted by molar-refractivity contribution is 7.86. The largest absolute Gasteiger partial charge is 0.465 e. The predicted molar refractivity (Wildman–Crippen MR) is 56.1 cm³/mol. The Morgan fingerprint density at radius 2 is 1.76 bits per heavy atom. The third-order valence-corrected chi connectivity index (χ3v) is 2.79. The number of ether oxygens (including phenoxy) is 1. The van der Waals surface area contributed by atoms with Gasteiger partial charge in [0.1, 0.15) is 0 Å². The minimum Gasteiger partial charge on any atom is -0.465 e. The molecule has 0 aliphatic heterocycles. The van der Waals surface area contributed by atoms with E-state index in [2.05, 4.69) is 4.74 Å². The van der Waals surface area contributed by atoms with Gasteiger partial charge in [0.25, 0.3) is 0 Å². The molecule has 0 fully saturated rings. The van der Waals surface area contributed by atoms with Crippen molar-refractivity contribution in [2.45, 2.75) is 38.9 Å². The first-order valence-corrected chi connectivity index (χ1v) is 6.34. The Balaban J connectivity index is 4.08. The van der Waals surface area contributed by atoms with Crippen molar-refractivity contribution >= 4 is 16.1 Å². The van der Waals surface area contributed by atoms with Crippen molar-refractivity contribution in [3.05, 3.63) is 0 Å². The van der Waals surface area contributed by atoms with Crippen LogP contribution in [0.2, 0.25) is 0 Å². The molecule has 0 aliphatic rings. The lowest BCUT2D eigenvalue weighted by atomic mass is 9.97. The Kier molecular flexibility index (Phi) is 5.02. The summed E-state index contributed by atoms with van der Waals surface area (Å²) in [5.41, 5.74) is -0.744. The van der Waals surface area contributed by atoms with E-state index in [0.29, 0.717) is 0 Å². The van der Waals surface area contributed by atoms with E-state index >= 15 is 0 Å². The lowest BCUT2D eigenvalue weighted by Crippen LogP contribution is -2.29. The molecule has 5 nitrogen and oxygen atoms in total. The highest BCUT2D eigenvalue weighted by Crippen LogP contribution is 2.26. The van der Waals surface area contributed by atoms with E-state index in [-0.39, 0.29) is 13.0 Å². The fourth-order valence-electron chi connectivity index (χ4n) is 0.788. The maximum Gasteiger partial charge on any atom is 0.370 e. The number of halogens is 2. The van der Waals surface area contributed by atoms with Crippen LogP contribution in [0.25, 0.3) is 0 Å². The van der Waals surface area contributed by atoms with Crippen molar-refractivity contribution in [1.29, 1.82) is 0 Å². The molecule has 17 heavy (non-hydrogen) atoms. The first kappa shape index (κ1) is 16.2. The van der Waals surface area contributed by atoms with Crippen molar-refractivity contribution in [2.75, 3.05) is 6.61 Å². The number of hydrogen-bond donors (Lipinski definition) is 1. The van der Waals surface area contributed by atoms with E-state index < -0.39 is 33.2 Å². The van der Waals surface area contributed by atoms with Crippen LogP contribution < -0.4 is 0 Å². The molecule has 0 aromatic carbocycles. The minimum atomic E-state index is -5.41. The molecule has 0 amide bonds. The summed E-state index contributed by atoms with van der Waals surface area (Å²) in [6.07, 6.45) is -1.45. The lowest BCUT2D eigenvalue weighted by molar-refractivity contribution is -0.153. The summed E-state index contributed by atoms with van der Waals surface area (Å²) in [7, 11) is -5.41. The number of hydrogen-bond acceptors (Lipinski definition) is 4. The van der Waals surface area contributed by atoms with Gasteiger partial charge in [-0.2, -0.15) is 17.2 Å². The zero-order chi connectivity index (χ0) is 13.9. The van der Waals surface area contributed by atoms with Crippen molar-refractivity contribution in [2.24, 2.45) is 5.41 Å². The van der Waals surface area contributed by atoms with Gasteiger partial charge in [0.05, 0.1) is 12.0 Å². The van der Waals surface area contributed by atoms with Gasteiger partial charge in [0.2, 0.25) is 0 Å². The summed E-state index contributed by atoms with van der Waals surface area (Å²) in [6, 6.07) is 0. The molecule has 0 rings (SSSR count). The summed E-state index contributed by atoms with van der Waals surface area (Å²) in [6.45, 7) is 4.48. The smallest absolute Gasteiger partial charge is 0.370 e. The van der Waals surface area contributed by atoms with Crippen LogP contribution in [0.4, 0.5) is 8.78 Å². The average molecular weight is 274 g/mol. The number of carbonyl (C=O) groups excluding carboxylic acids is 1. The second-order valence-corrected chi connectivity index (χ2v) is 6.15. The molecule has 0 radical (unpaired) electrons. The van der Waals surface area contributed by atoms with Gasteiger partial charge in [-0.3, -0.25) is 9.35 Å². The maximum atomic E-state index is 12.7. The Morgan fingerprint density at radius 3 is 2.12 bits per heavy atom. The first-order valence-electron chi connectivity index (χ1n) is 4.90. The zero-order valence-electron chi connectivity index (χ0n) is 9.87. The second-order valence-electron chi connectivity index (χ2n) is 4.60. The van der Waals surface area contributed by atoms with Crippen molar-refractivity contribution < 1.29 is 31.3 Å². The van der Waals surface area contributed by atoms with Crippen LogP contribution in [-0.2, 0) is 19.6 Å². The number of rotatable bonds is 5. The monoisotopic (exact) mass is 274 g/mol. The average Bonchev–Trinajstić information content (AvgIpc) is 2.08. The highest BCUT2D eigenvalue weighted by atomic mass is 32.2. The van der Waals surface area contributed by atoms with Gasteiger partial charge in [-0.15, -0.1) is 0 Å². The van der Waals surface area contributed by atoms with Gasteiger partial charge in [-0.25, -0.2) is 0 Å². The summed E-state index contributed by atoms with van der Waals surface area (Å²) >= 11 is 0. The summed E-state index contributed by atoms with van der Waals surface area (Å²) < 4.78 is 58.8. The normalized spacial score (nSPS) is 13.5. The molecule has 0 unspecified atom stereocenters. The Bertz CT molecular complexity index is 369. The molecule has 0 aromatic heterocycles. The molecule has 0 bridgehead atoms. The number of carbonyl (C=O) groups is 1. The van der Waals surface area contributed by atoms with Crippen LogP contribution in [0.3, 0.4) is 0 Å². The molecule has 1 N–H and O–H groups in total. The van der Waals surface area contributed by atoms with Crippen LogP contribution in [0.1, 0.15) is 33.6 Å². The Labute approximate surface area is 98.9 Å². The fraction of sp³-hybridized carbons (Fsp3) is 0.889. The van der Waals surface area contributed by atoms with Crippen LogP contribution in [0.15, 0.2) is 0 Å². The van der Waals surface area contributed by atoms with Crippen LogP contribution in [0.5, 0.6) is 0 Å². The molecular formula is C9H16F2O5S. The summed E-state index contributed by atoms with van der Waals surface area (Å²) in [4.78, 5) is 11.2. The third-order valence-electron chi connectivity index (χ3n) is 1.84. The molecule has 0 heterocycles. The van der Waals surface area contributed by atoms with Crippen LogP contribution in [0, 0.1) is 5.41 Å². The predicted octanol–water partition coefficient (Wildman–Crippen LogP) is 1.84. The van der Waals surface area contributed by atoms with E-state index in [4.69, 9.17) is 4.55 Å². The SMILES string of the molecule is CC(C)(C)C(=O)OCCCC(F)(F)S(=O)(=O)O. The number of esters is 1. The van der Waals surface area contributed by atoms with E-state index in [9.17, 15) is 22.0 Å². The van der Waals surface area contributed by atoms with Gasteiger partial charge in [-0.05, 0) is 27.2 Å². The van der Waals surface area contributed by atoms with E-state index in [0.717, 1.165) is 0 Å². The van der Waals surface area contributed by atoms with Gasteiger partial charge in [0.15, 0.2) is 0 Å². The van der Waals surface area contributed by atoms with Crippen LogP contribution >= 0.6 is 0 Å². The van der Waals surface area contributed by atoms with Crippen molar-refractivity contribution in [3.63, 3.8) is 0 Å². The first-order chi connectivity index (χ1) is 7.38. The zero-order valence-corrected chi connectivity index (χ0v) is 10.7. The molecule has 102 valence electrons. The van der Waals surface area contributed by atoms with E-state index in [1.807, 2.05) is 0 Å². The maximum absolute atomic E-state index is 12.7. The topological polar surface area (TPSA) is 80.7 Å². The molecule has 8 heteroatoms. The van der Waals surface area contributed by atoms with Crippen molar-refractivity contribution in [3.8, 4) is 0 Å². The lowest BCUT2D eigenvalue weighted by Gasteiger charge is -2.17. The standard InChI is InChI=1S/C9H16F2O5S/c1-8(2,3)7(12)16-6-4-5-9(10,11)17(13,14)15/h4-6H2,1-3H3,(H,13,14,15). The summed E-state index contributed by atoms with van der Waals surface area (Å²) in [5, 5.41) is -4.21. The Hall–Kier alpha value is -0.760. The quantitative estimate of drug-likeness (QED) is 0.470. The summed E-state index contributed by atoms with van der Waals surface area (Å²) in [5.74, 6) is -0.562. The molecule has 0 spiro atoms. The van der Waals surface area contributed by atoms with Gasteiger partial charge >= 0.3 is 21.3 Å². The Morgan fingerprint density at radius 1 is 1.29 bits per heavy atom. The van der Waals surface area contributed by atoms with E-state index in [1.54, 1.807) is 20.8 Å². The molecular weight excluding hydrogens is 258 g/mol. The van der Waals surface area contributed by atoms with Gasteiger partial charge < -0.3 is 4.74 Å². The van der Waals surface area contributed by atoms with Crippen molar-refractivity contribution in [1.82, 2.24) is 0 Å². The third kappa shape index (κ3) is 5.40. The molecule has 0 saturated heterocycles. The van der Waals surface area contributed by atoms with Gasteiger partial charge in [-0.1, -0.05) is 0 Å². The molecule has 0 atom stereocenters. The van der Waals surface area contributed by atoms with Crippen LogP contribution in [-0.4, -0.2) is 30.8 Å². The minimum absolute atomic E-state index is 0.318. The van der Waals surface area contributed by atoms with E-state index in [1.165, 1.54) is 0 Å². The fourth-order valence-corrected chi connectivity index (χ4v) is 1.19. The molecule has 0 aromatic rings. The molecule has 0 aliphatic carbocycles. The second kappa shape index (κ2) is 5.26. The highest BCUT2D eigenvalue weighted by Gasteiger charge is 2.43. The number of alkyl halides is 2. The van der Waals surface area contributed by atoms with Gasteiger partial charge in [0, 0.05) is 6.42 Å².